The fourth-order valence-corrected chi connectivity index (χ4v) is 2.66. The molecule has 1 unspecified atom stereocenters. The van der Waals surface area contributed by atoms with Crippen LogP contribution in [0.2, 0.25) is 0 Å². The molecule has 4 nitrogen and oxygen atoms in total. The van der Waals surface area contributed by atoms with Crippen molar-refractivity contribution in [3.05, 3.63) is 0 Å². The van der Waals surface area contributed by atoms with Crippen LogP contribution in [0.15, 0.2) is 0 Å². The van der Waals surface area contributed by atoms with Gasteiger partial charge in [0.2, 0.25) is 10.0 Å². The van der Waals surface area contributed by atoms with Crippen molar-refractivity contribution in [3.8, 4) is 12.3 Å². The van der Waals surface area contributed by atoms with Gasteiger partial charge in [-0.3, -0.25) is 0 Å². The zero-order valence-electron chi connectivity index (χ0n) is 11.0. The molecule has 0 aromatic rings. The quantitative estimate of drug-likeness (QED) is 0.482. The highest BCUT2D eigenvalue weighted by atomic mass is 32.2. The van der Waals surface area contributed by atoms with Crippen molar-refractivity contribution in [1.29, 1.82) is 0 Å². The molecule has 0 aliphatic heterocycles. The lowest BCUT2D eigenvalue weighted by Crippen LogP contribution is -2.36. The van der Waals surface area contributed by atoms with Gasteiger partial charge in [-0.2, -0.15) is 0 Å². The predicted octanol–water partition coefficient (Wildman–Crippen LogP) is 1.10. The Labute approximate surface area is 106 Å². The highest BCUT2D eigenvalue weighted by molar-refractivity contribution is 7.89. The first-order valence-electron chi connectivity index (χ1n) is 6.10. The molecule has 0 saturated heterocycles. The molecule has 0 heterocycles. The number of terminal acetylenes is 1. The van der Waals surface area contributed by atoms with Gasteiger partial charge in [0.1, 0.15) is 0 Å². The normalized spacial score (nSPS) is 13.6. The van der Waals surface area contributed by atoms with Crippen LogP contribution in [0.4, 0.5) is 0 Å². The predicted molar refractivity (Wildman–Crippen MR) is 72.2 cm³/mol. The van der Waals surface area contributed by atoms with E-state index in [9.17, 15) is 8.42 Å². The Bertz CT molecular complexity index is 331. The molecule has 1 atom stereocenters. The summed E-state index contributed by atoms with van der Waals surface area (Å²) < 4.78 is 25.9. The SMILES string of the molecule is C#CC(CCC)NS(=O)(=O)CCCNC(C)C. The molecule has 0 rings (SSSR count). The van der Waals surface area contributed by atoms with Gasteiger partial charge in [0.15, 0.2) is 0 Å². The van der Waals surface area contributed by atoms with E-state index in [1.807, 2.05) is 20.8 Å². The van der Waals surface area contributed by atoms with Crippen molar-refractivity contribution < 1.29 is 8.42 Å². The summed E-state index contributed by atoms with van der Waals surface area (Å²) in [4.78, 5) is 0. The van der Waals surface area contributed by atoms with Crippen LogP contribution < -0.4 is 10.0 Å². The molecule has 0 radical (unpaired) electrons. The summed E-state index contributed by atoms with van der Waals surface area (Å²) in [6.45, 7) is 6.74. The van der Waals surface area contributed by atoms with E-state index in [2.05, 4.69) is 16.0 Å². The molecule has 0 spiro atoms. The standard InChI is InChI=1S/C12H24N2O2S/c1-5-8-12(6-2)14-17(15,16)10-7-9-13-11(3)4/h2,11-14H,5,7-10H2,1,3-4H3. The van der Waals surface area contributed by atoms with E-state index in [-0.39, 0.29) is 11.8 Å². The molecule has 0 bridgehead atoms. The summed E-state index contributed by atoms with van der Waals surface area (Å²) in [6.07, 6.45) is 7.41. The molecule has 0 aliphatic rings. The Balaban J connectivity index is 3.99. The van der Waals surface area contributed by atoms with Gasteiger partial charge in [0.25, 0.3) is 0 Å². The summed E-state index contributed by atoms with van der Waals surface area (Å²) in [6, 6.07) is 0.00673. The molecule has 17 heavy (non-hydrogen) atoms. The summed E-state index contributed by atoms with van der Waals surface area (Å²) in [5, 5.41) is 3.18. The maximum absolute atomic E-state index is 11.7. The van der Waals surface area contributed by atoms with Gasteiger partial charge in [-0.15, -0.1) is 6.42 Å². The van der Waals surface area contributed by atoms with Gasteiger partial charge in [0.05, 0.1) is 11.8 Å². The smallest absolute Gasteiger partial charge is 0.212 e. The lowest BCUT2D eigenvalue weighted by atomic mass is 10.2. The maximum atomic E-state index is 11.7. The molecular weight excluding hydrogens is 236 g/mol. The first kappa shape index (κ1) is 16.4. The molecule has 0 aromatic heterocycles. The van der Waals surface area contributed by atoms with Crippen LogP contribution in [0.1, 0.15) is 40.0 Å². The molecule has 5 heteroatoms. The number of hydrogen-bond acceptors (Lipinski definition) is 3. The minimum Gasteiger partial charge on any atom is -0.314 e. The zero-order chi connectivity index (χ0) is 13.3. The fraction of sp³-hybridized carbons (Fsp3) is 0.833. The van der Waals surface area contributed by atoms with Crippen molar-refractivity contribution in [2.75, 3.05) is 12.3 Å². The Morgan fingerprint density at radius 3 is 2.47 bits per heavy atom. The minimum atomic E-state index is -3.25. The first-order valence-corrected chi connectivity index (χ1v) is 7.76. The molecule has 100 valence electrons. The van der Waals surface area contributed by atoms with Crippen molar-refractivity contribution >= 4 is 10.0 Å². The minimum absolute atomic E-state index is 0.120. The lowest BCUT2D eigenvalue weighted by Gasteiger charge is -2.13. The molecule has 0 saturated carbocycles. The van der Waals surface area contributed by atoms with E-state index in [1.165, 1.54) is 0 Å². The Kier molecular flexibility index (Phi) is 8.23. The molecular formula is C12H24N2O2S. The first-order chi connectivity index (χ1) is 7.91. The fourth-order valence-electron chi connectivity index (χ4n) is 1.39. The van der Waals surface area contributed by atoms with Crippen LogP contribution in [0, 0.1) is 12.3 Å². The van der Waals surface area contributed by atoms with Crippen molar-refractivity contribution in [1.82, 2.24) is 10.0 Å². The second kappa shape index (κ2) is 8.51. The van der Waals surface area contributed by atoms with Crippen LogP contribution >= 0.6 is 0 Å². The zero-order valence-corrected chi connectivity index (χ0v) is 11.8. The average molecular weight is 260 g/mol. The van der Waals surface area contributed by atoms with Crippen LogP contribution in [0.3, 0.4) is 0 Å². The van der Waals surface area contributed by atoms with Crippen LogP contribution in [0.25, 0.3) is 0 Å². The van der Waals surface area contributed by atoms with Crippen LogP contribution in [-0.4, -0.2) is 32.8 Å². The third-order valence-electron chi connectivity index (χ3n) is 2.24. The molecule has 2 N–H and O–H groups in total. The third kappa shape index (κ3) is 9.16. The van der Waals surface area contributed by atoms with E-state index in [4.69, 9.17) is 6.42 Å². The second-order valence-electron chi connectivity index (χ2n) is 4.41. The van der Waals surface area contributed by atoms with Gasteiger partial charge in [-0.1, -0.05) is 33.1 Å². The number of sulfonamides is 1. The third-order valence-corrected chi connectivity index (χ3v) is 3.71. The van der Waals surface area contributed by atoms with Crippen molar-refractivity contribution in [3.63, 3.8) is 0 Å². The number of rotatable bonds is 9. The van der Waals surface area contributed by atoms with E-state index < -0.39 is 10.0 Å². The Hall–Kier alpha value is -0.570. The van der Waals surface area contributed by atoms with E-state index in [0.717, 1.165) is 6.42 Å². The van der Waals surface area contributed by atoms with Crippen LogP contribution in [-0.2, 0) is 10.0 Å². The average Bonchev–Trinajstić information content (AvgIpc) is 2.23. The van der Waals surface area contributed by atoms with Crippen LogP contribution in [0.5, 0.6) is 0 Å². The number of nitrogens with one attached hydrogen (secondary N) is 2. The van der Waals surface area contributed by atoms with E-state index in [1.54, 1.807) is 0 Å². The summed E-state index contributed by atoms with van der Waals surface area (Å²) in [7, 11) is -3.25. The van der Waals surface area contributed by atoms with Gasteiger partial charge < -0.3 is 5.32 Å². The van der Waals surface area contributed by atoms with E-state index >= 15 is 0 Å². The second-order valence-corrected chi connectivity index (χ2v) is 6.28. The summed E-state index contributed by atoms with van der Waals surface area (Å²) in [5.41, 5.74) is 0. The maximum Gasteiger partial charge on any atom is 0.212 e. The highest BCUT2D eigenvalue weighted by Crippen LogP contribution is 1.99. The monoisotopic (exact) mass is 260 g/mol. The highest BCUT2D eigenvalue weighted by Gasteiger charge is 2.14. The topological polar surface area (TPSA) is 58.2 Å². The largest absolute Gasteiger partial charge is 0.314 e. The lowest BCUT2D eigenvalue weighted by molar-refractivity contribution is 0.550. The van der Waals surface area contributed by atoms with Crippen molar-refractivity contribution in [2.45, 2.75) is 52.1 Å². The summed E-state index contributed by atoms with van der Waals surface area (Å²) >= 11 is 0. The van der Waals surface area contributed by atoms with Crippen molar-refractivity contribution in [2.24, 2.45) is 0 Å². The van der Waals surface area contributed by atoms with E-state index in [0.29, 0.717) is 25.4 Å². The molecule has 0 amide bonds. The Morgan fingerprint density at radius 1 is 1.35 bits per heavy atom. The molecule has 0 aromatic carbocycles. The van der Waals surface area contributed by atoms with Gasteiger partial charge in [-0.25, -0.2) is 13.1 Å². The molecule has 0 fully saturated rings. The summed E-state index contributed by atoms with van der Waals surface area (Å²) in [5.74, 6) is 2.58. The molecule has 0 aliphatic carbocycles. The van der Waals surface area contributed by atoms with Gasteiger partial charge >= 0.3 is 0 Å². The van der Waals surface area contributed by atoms with Gasteiger partial charge in [-0.05, 0) is 19.4 Å². The Morgan fingerprint density at radius 2 is 2.00 bits per heavy atom. The number of hydrogen-bond donors (Lipinski definition) is 2. The van der Waals surface area contributed by atoms with Gasteiger partial charge in [0, 0.05) is 6.04 Å².